The van der Waals surface area contributed by atoms with Gasteiger partial charge in [0.05, 0.1) is 0 Å². The summed E-state index contributed by atoms with van der Waals surface area (Å²) in [5.41, 5.74) is 0. The van der Waals surface area contributed by atoms with Crippen LogP contribution in [-0.2, 0) is 0 Å². The quantitative estimate of drug-likeness (QED) is 0.682. The average molecular weight is 222 g/mol. The Morgan fingerprint density at radius 2 is 1.77 bits per heavy atom. The molecule has 13 heavy (non-hydrogen) atoms. The predicted octanol–water partition coefficient (Wildman–Crippen LogP) is 3.48. The third-order valence-corrected chi connectivity index (χ3v) is 6.08. The molecule has 2 aromatic rings. The molecule has 0 fully saturated rings. The molecule has 1 unspecified atom stereocenters. The van der Waals surface area contributed by atoms with Crippen LogP contribution in [0.4, 0.5) is 0 Å². The minimum atomic E-state index is 0.844. The predicted molar refractivity (Wildman–Crippen MR) is 65.5 cm³/mol. The van der Waals surface area contributed by atoms with Gasteiger partial charge in [0.2, 0.25) is 0 Å². The van der Waals surface area contributed by atoms with Gasteiger partial charge in [-0.1, -0.05) is 45.0 Å². The van der Waals surface area contributed by atoms with Crippen LogP contribution < -0.4 is 10.3 Å². The van der Waals surface area contributed by atoms with E-state index in [1.807, 2.05) is 0 Å². The first-order chi connectivity index (χ1) is 6.45. The van der Waals surface area contributed by atoms with E-state index in [1.165, 1.54) is 26.1 Å². The molecule has 1 aromatic carbocycles. The van der Waals surface area contributed by atoms with E-state index in [0.717, 1.165) is 8.58 Å². The fraction of sp³-hybridized carbons (Fsp3) is 0. The minimum absolute atomic E-state index is 0.844. The normalized spacial score (nSPS) is 12.0. The molecule has 0 N–H and O–H groups in total. The van der Waals surface area contributed by atoms with Crippen molar-refractivity contribution in [2.24, 2.45) is 0 Å². The number of hydrogen-bond donors (Lipinski definition) is 0. The van der Waals surface area contributed by atoms with E-state index < -0.39 is 0 Å². The first kappa shape index (κ1) is 9.29. The largest absolute Gasteiger partial charge is 0.0622 e. The van der Waals surface area contributed by atoms with Gasteiger partial charge in [0, 0.05) is 5.04 Å². The van der Waals surface area contributed by atoms with Crippen LogP contribution in [0.1, 0.15) is 0 Å². The van der Waals surface area contributed by atoms with Crippen LogP contribution >= 0.6 is 24.3 Å². The molecule has 1 atom stereocenters. The van der Waals surface area contributed by atoms with Gasteiger partial charge in [0.1, 0.15) is 0 Å². The van der Waals surface area contributed by atoms with Crippen molar-refractivity contribution >= 4 is 34.7 Å². The molecule has 3 heteroatoms. The summed E-state index contributed by atoms with van der Waals surface area (Å²) in [4.78, 5) is 0. The van der Waals surface area contributed by atoms with Crippen molar-refractivity contribution in [3.05, 3.63) is 48.3 Å². The zero-order chi connectivity index (χ0) is 8.93. The second kappa shape index (κ2) is 4.83. The van der Waals surface area contributed by atoms with Crippen LogP contribution in [-0.4, -0.2) is 0 Å². The molecule has 0 nitrogen and oxygen atoms in total. The van der Waals surface area contributed by atoms with Gasteiger partial charge in [-0.25, -0.2) is 0 Å². The summed E-state index contributed by atoms with van der Waals surface area (Å²) >= 11 is 0. The molecular weight excluding hydrogens is 213 g/mol. The van der Waals surface area contributed by atoms with Crippen LogP contribution in [0.25, 0.3) is 0 Å². The van der Waals surface area contributed by atoms with E-state index in [4.69, 9.17) is 0 Å². The first-order valence-electron chi connectivity index (χ1n) is 4.05. The van der Waals surface area contributed by atoms with Crippen molar-refractivity contribution in [3.63, 3.8) is 0 Å². The highest BCUT2D eigenvalue weighted by Gasteiger charge is 1.93. The molecule has 0 radical (unpaired) electrons. The van der Waals surface area contributed by atoms with Gasteiger partial charge in [0.15, 0.2) is 0 Å². The van der Waals surface area contributed by atoms with Gasteiger partial charge in [-0.05, 0) is 32.9 Å². The van der Waals surface area contributed by atoms with Gasteiger partial charge in [-0.2, -0.15) is 0 Å². The molecule has 1 aromatic heterocycles. The lowest BCUT2D eigenvalue weighted by atomic mass is 10.4. The Morgan fingerprint density at radius 1 is 0.923 bits per heavy atom. The molecule has 0 aliphatic heterocycles. The molecule has 64 valence electrons. The molecule has 0 aliphatic carbocycles. The van der Waals surface area contributed by atoms with Gasteiger partial charge in [-0.3, -0.25) is 0 Å². The number of hydrogen-bond acceptors (Lipinski definition) is 0. The zero-order valence-corrected chi connectivity index (χ0v) is 9.80. The summed E-state index contributed by atoms with van der Waals surface area (Å²) < 4.78 is 0. The monoisotopic (exact) mass is 222 g/mol. The van der Waals surface area contributed by atoms with Gasteiger partial charge >= 0.3 is 0 Å². The maximum absolute atomic E-state index is 2.24. The Hall–Kier alpha value is -0.270. The van der Waals surface area contributed by atoms with Gasteiger partial charge < -0.3 is 0 Å². The topological polar surface area (TPSA) is 0 Å². The lowest BCUT2D eigenvalue weighted by molar-refractivity contribution is 1.78. The van der Waals surface area contributed by atoms with Crippen molar-refractivity contribution in [1.82, 2.24) is 0 Å². The SMILES string of the molecule is c1ccc(Pc2cccpp2)cc1. The Labute approximate surface area is 83.3 Å². The van der Waals surface area contributed by atoms with E-state index in [1.54, 1.807) is 0 Å². The Balaban J connectivity index is 2.16. The Morgan fingerprint density at radius 3 is 2.46 bits per heavy atom. The maximum Gasteiger partial charge on any atom is 0.00896 e. The highest BCUT2D eigenvalue weighted by molar-refractivity contribution is 7.95. The van der Waals surface area contributed by atoms with Crippen LogP contribution in [0.3, 0.4) is 0 Å². The lowest BCUT2D eigenvalue weighted by Crippen LogP contribution is -1.97. The summed E-state index contributed by atoms with van der Waals surface area (Å²) in [7, 11) is 3.70. The van der Waals surface area contributed by atoms with Crippen molar-refractivity contribution in [1.29, 1.82) is 0 Å². The molecule has 0 saturated heterocycles. The summed E-state index contributed by atoms with van der Waals surface area (Å²) in [5, 5.41) is 2.97. The van der Waals surface area contributed by atoms with Crippen LogP contribution in [0, 0.1) is 0 Å². The number of benzene rings is 1. The molecular formula is C10H9P3. The Bertz CT molecular complexity index is 321. The van der Waals surface area contributed by atoms with E-state index in [-0.39, 0.29) is 0 Å². The summed E-state index contributed by atoms with van der Waals surface area (Å²) in [6.45, 7) is 0. The third kappa shape index (κ3) is 2.85. The van der Waals surface area contributed by atoms with E-state index in [2.05, 4.69) is 48.3 Å². The molecule has 1 heterocycles. The Kier molecular flexibility index (Phi) is 3.45. The van der Waals surface area contributed by atoms with Crippen LogP contribution in [0.2, 0.25) is 0 Å². The van der Waals surface area contributed by atoms with Crippen LogP contribution in [0.15, 0.2) is 48.3 Å². The van der Waals surface area contributed by atoms with E-state index >= 15 is 0 Å². The van der Waals surface area contributed by atoms with E-state index in [0.29, 0.717) is 0 Å². The van der Waals surface area contributed by atoms with Crippen molar-refractivity contribution in [2.75, 3.05) is 0 Å². The summed E-state index contributed by atoms with van der Waals surface area (Å²) in [5.74, 6) is 2.19. The highest BCUT2D eigenvalue weighted by Crippen LogP contribution is 2.23. The molecule has 2 rings (SSSR count). The second-order valence-corrected chi connectivity index (χ2v) is 6.89. The lowest BCUT2D eigenvalue weighted by Gasteiger charge is -1.99. The molecule has 0 aliphatic rings. The van der Waals surface area contributed by atoms with Gasteiger partial charge in [0.25, 0.3) is 0 Å². The van der Waals surface area contributed by atoms with Crippen LogP contribution in [0.5, 0.6) is 0 Å². The fourth-order valence-electron chi connectivity index (χ4n) is 1.04. The van der Waals surface area contributed by atoms with E-state index in [9.17, 15) is 0 Å². The molecule has 0 spiro atoms. The van der Waals surface area contributed by atoms with Gasteiger partial charge in [-0.15, -0.1) is 0 Å². The average Bonchev–Trinajstić information content (AvgIpc) is 2.21. The molecule has 0 bridgehead atoms. The highest BCUT2D eigenvalue weighted by atomic mass is 31.8. The second-order valence-electron chi connectivity index (χ2n) is 2.60. The van der Waals surface area contributed by atoms with Crippen molar-refractivity contribution in [2.45, 2.75) is 0 Å². The number of rotatable bonds is 2. The molecule has 0 saturated carbocycles. The smallest absolute Gasteiger partial charge is 0.00896 e. The first-order valence-corrected chi connectivity index (χ1v) is 7.61. The summed E-state index contributed by atoms with van der Waals surface area (Å²) in [6.07, 6.45) is 0. The minimum Gasteiger partial charge on any atom is -0.0622 e. The standard InChI is InChI=1S/C10H9P3/c1-2-5-9(6-3-1)12-10-7-4-8-11-13-10/h1-8,12H. The maximum atomic E-state index is 2.24. The van der Waals surface area contributed by atoms with Crippen molar-refractivity contribution in [3.8, 4) is 0 Å². The van der Waals surface area contributed by atoms with Crippen molar-refractivity contribution < 1.29 is 0 Å². The third-order valence-electron chi connectivity index (χ3n) is 1.62. The summed E-state index contributed by atoms with van der Waals surface area (Å²) in [6, 6.07) is 15.1. The zero-order valence-electron chi connectivity index (χ0n) is 7.01. The fourth-order valence-corrected chi connectivity index (χ4v) is 4.94. The molecule has 0 amide bonds.